The second kappa shape index (κ2) is 4.80. The normalized spacial score (nSPS) is 10.3. The lowest BCUT2D eigenvalue weighted by Crippen LogP contribution is -1.86. The number of aromatic nitrogens is 3. The Balaban J connectivity index is 2.06. The van der Waals surface area contributed by atoms with E-state index in [4.69, 9.17) is 21.4 Å². The van der Waals surface area contributed by atoms with Crippen LogP contribution in [0.1, 0.15) is 5.56 Å². The Morgan fingerprint density at radius 2 is 2.26 bits per heavy atom. The number of pyridine rings is 1. The van der Waals surface area contributed by atoms with Crippen molar-refractivity contribution in [3.05, 3.63) is 40.4 Å². The highest BCUT2D eigenvalue weighted by atomic mass is 35.5. The topological polar surface area (TPSA) is 75.6 Å². The van der Waals surface area contributed by atoms with Crippen molar-refractivity contribution in [1.29, 1.82) is 5.26 Å². The van der Waals surface area contributed by atoms with Crippen molar-refractivity contribution >= 4 is 22.9 Å². The lowest BCUT2D eigenvalue weighted by atomic mass is 10.3. The van der Waals surface area contributed by atoms with Crippen molar-refractivity contribution in [3.8, 4) is 28.4 Å². The Labute approximate surface area is 117 Å². The van der Waals surface area contributed by atoms with Crippen molar-refractivity contribution in [1.82, 2.24) is 15.1 Å². The molecule has 3 rings (SSSR count). The zero-order chi connectivity index (χ0) is 13.2. The van der Waals surface area contributed by atoms with Gasteiger partial charge in [0.1, 0.15) is 16.6 Å². The first-order valence-electron chi connectivity index (χ1n) is 5.22. The molecule has 0 aromatic carbocycles. The number of rotatable bonds is 2. The number of nitriles is 1. The molecule has 19 heavy (non-hydrogen) atoms. The third kappa shape index (κ3) is 2.10. The molecule has 0 spiro atoms. The van der Waals surface area contributed by atoms with Crippen LogP contribution < -0.4 is 0 Å². The molecular formula is C12H5ClN4OS. The van der Waals surface area contributed by atoms with Gasteiger partial charge in [0.2, 0.25) is 5.82 Å². The quantitative estimate of drug-likeness (QED) is 0.722. The number of nitrogens with zero attached hydrogens (tertiary/aromatic N) is 4. The minimum atomic E-state index is 0.295. The average Bonchev–Trinajstić information content (AvgIpc) is 3.07. The van der Waals surface area contributed by atoms with E-state index in [0.29, 0.717) is 32.9 Å². The van der Waals surface area contributed by atoms with E-state index in [0.717, 1.165) is 0 Å². The number of halogens is 1. The van der Waals surface area contributed by atoms with Gasteiger partial charge in [0.25, 0.3) is 5.89 Å². The van der Waals surface area contributed by atoms with Gasteiger partial charge in [-0.2, -0.15) is 10.2 Å². The molecule has 3 aromatic heterocycles. The standard InChI is InChI=1S/C12H5ClN4OS/c13-8-2-1-4-15-9(8)11-16-12(18-17-11)10-7(6-14)3-5-19-10/h1-5H. The molecule has 0 unspecified atom stereocenters. The molecule has 3 heterocycles. The molecule has 0 radical (unpaired) electrons. The summed E-state index contributed by atoms with van der Waals surface area (Å²) in [5, 5.41) is 15.1. The van der Waals surface area contributed by atoms with Crippen LogP contribution in [0.5, 0.6) is 0 Å². The zero-order valence-electron chi connectivity index (χ0n) is 9.37. The molecule has 0 aliphatic heterocycles. The SMILES string of the molecule is N#Cc1ccsc1-c1nc(-c2ncccc2Cl)no1. The smallest absolute Gasteiger partial charge is 0.269 e. The molecule has 0 amide bonds. The van der Waals surface area contributed by atoms with Gasteiger partial charge in [-0.15, -0.1) is 11.3 Å². The predicted octanol–water partition coefficient (Wildman–Crippen LogP) is 3.39. The van der Waals surface area contributed by atoms with Crippen LogP contribution in [-0.4, -0.2) is 15.1 Å². The maximum absolute atomic E-state index is 8.97. The largest absolute Gasteiger partial charge is 0.333 e. The van der Waals surface area contributed by atoms with Crippen molar-refractivity contribution in [2.45, 2.75) is 0 Å². The third-order valence-corrected chi connectivity index (χ3v) is 3.58. The van der Waals surface area contributed by atoms with E-state index in [1.165, 1.54) is 11.3 Å². The Morgan fingerprint density at radius 3 is 3.05 bits per heavy atom. The van der Waals surface area contributed by atoms with E-state index in [-0.39, 0.29) is 0 Å². The van der Waals surface area contributed by atoms with Crippen LogP contribution in [0.25, 0.3) is 22.3 Å². The number of hydrogen-bond donors (Lipinski definition) is 0. The summed E-state index contributed by atoms with van der Waals surface area (Å²) in [7, 11) is 0. The monoisotopic (exact) mass is 288 g/mol. The van der Waals surface area contributed by atoms with E-state index in [9.17, 15) is 0 Å². The van der Waals surface area contributed by atoms with Crippen molar-refractivity contribution in [2.75, 3.05) is 0 Å². The predicted molar refractivity (Wildman–Crippen MR) is 70.6 cm³/mol. The van der Waals surface area contributed by atoms with E-state index in [1.54, 1.807) is 29.8 Å². The zero-order valence-corrected chi connectivity index (χ0v) is 10.9. The first kappa shape index (κ1) is 11.8. The molecule has 7 heteroatoms. The van der Waals surface area contributed by atoms with E-state index in [1.807, 2.05) is 0 Å². The Bertz CT molecular complexity index is 757. The lowest BCUT2D eigenvalue weighted by molar-refractivity contribution is 0.433. The molecule has 0 aliphatic rings. The second-order valence-corrected chi connectivity index (χ2v) is 4.86. The van der Waals surface area contributed by atoms with Crippen molar-refractivity contribution in [2.24, 2.45) is 0 Å². The Hall–Kier alpha value is -2.23. The fourth-order valence-corrected chi connectivity index (χ4v) is 2.50. The fraction of sp³-hybridized carbons (Fsp3) is 0. The van der Waals surface area contributed by atoms with Crippen LogP contribution in [0.3, 0.4) is 0 Å². The van der Waals surface area contributed by atoms with Crippen molar-refractivity contribution < 1.29 is 4.52 Å². The molecule has 92 valence electrons. The summed E-state index contributed by atoms with van der Waals surface area (Å²) in [6, 6.07) is 7.20. The summed E-state index contributed by atoms with van der Waals surface area (Å²) < 4.78 is 5.16. The highest BCUT2D eigenvalue weighted by Crippen LogP contribution is 2.30. The Kier molecular flexibility index (Phi) is 2.99. The molecule has 3 aromatic rings. The summed E-state index contributed by atoms with van der Waals surface area (Å²) >= 11 is 7.39. The number of hydrogen-bond acceptors (Lipinski definition) is 6. The van der Waals surface area contributed by atoms with Crippen molar-refractivity contribution in [3.63, 3.8) is 0 Å². The van der Waals surface area contributed by atoms with Crippen LogP contribution >= 0.6 is 22.9 Å². The average molecular weight is 289 g/mol. The van der Waals surface area contributed by atoms with Gasteiger partial charge < -0.3 is 4.52 Å². The highest BCUT2D eigenvalue weighted by Gasteiger charge is 2.17. The van der Waals surface area contributed by atoms with E-state index < -0.39 is 0 Å². The minimum absolute atomic E-state index is 0.295. The highest BCUT2D eigenvalue weighted by molar-refractivity contribution is 7.13. The molecule has 0 saturated carbocycles. The van der Waals surface area contributed by atoms with Crippen LogP contribution in [0.4, 0.5) is 0 Å². The molecule has 5 nitrogen and oxygen atoms in total. The minimum Gasteiger partial charge on any atom is -0.333 e. The van der Waals surface area contributed by atoms with Crippen LogP contribution in [0.15, 0.2) is 34.3 Å². The lowest BCUT2D eigenvalue weighted by Gasteiger charge is -1.94. The number of thiophene rings is 1. The molecule has 0 fully saturated rings. The molecule has 0 bridgehead atoms. The molecule has 0 atom stereocenters. The maximum atomic E-state index is 8.97. The second-order valence-electron chi connectivity index (χ2n) is 3.53. The molecule has 0 N–H and O–H groups in total. The molecule has 0 saturated heterocycles. The van der Waals surface area contributed by atoms with Gasteiger partial charge in [-0.05, 0) is 23.6 Å². The van der Waals surface area contributed by atoms with Crippen LogP contribution in [-0.2, 0) is 0 Å². The van der Waals surface area contributed by atoms with Crippen LogP contribution in [0, 0.1) is 11.3 Å². The fourth-order valence-electron chi connectivity index (χ4n) is 1.53. The van der Waals surface area contributed by atoms with Gasteiger partial charge in [0.15, 0.2) is 0 Å². The summed E-state index contributed by atoms with van der Waals surface area (Å²) in [6.07, 6.45) is 1.60. The summed E-state index contributed by atoms with van der Waals surface area (Å²) in [5.41, 5.74) is 0.960. The van der Waals surface area contributed by atoms with Gasteiger partial charge in [-0.25, -0.2) is 0 Å². The summed E-state index contributed by atoms with van der Waals surface area (Å²) in [4.78, 5) is 8.98. The first-order chi connectivity index (χ1) is 9.29. The van der Waals surface area contributed by atoms with Gasteiger partial charge in [0.05, 0.1) is 10.6 Å². The first-order valence-corrected chi connectivity index (χ1v) is 6.48. The van der Waals surface area contributed by atoms with Gasteiger partial charge >= 0.3 is 0 Å². The summed E-state index contributed by atoms with van der Waals surface area (Å²) in [6.45, 7) is 0. The molecular weight excluding hydrogens is 284 g/mol. The third-order valence-electron chi connectivity index (χ3n) is 2.38. The van der Waals surface area contributed by atoms with Gasteiger partial charge in [0, 0.05) is 6.20 Å². The Morgan fingerprint density at radius 1 is 1.37 bits per heavy atom. The summed E-state index contributed by atoms with van der Waals surface area (Å²) in [5.74, 6) is 0.598. The maximum Gasteiger partial charge on any atom is 0.269 e. The van der Waals surface area contributed by atoms with Crippen LogP contribution in [0.2, 0.25) is 5.02 Å². The molecule has 0 aliphatic carbocycles. The van der Waals surface area contributed by atoms with E-state index >= 15 is 0 Å². The van der Waals surface area contributed by atoms with Gasteiger partial charge in [-0.1, -0.05) is 16.8 Å². The van der Waals surface area contributed by atoms with E-state index in [2.05, 4.69) is 21.2 Å². The van der Waals surface area contributed by atoms with Gasteiger partial charge in [-0.3, -0.25) is 4.98 Å².